The molecule has 40 heavy (non-hydrogen) atoms. The Kier molecular flexibility index (Phi) is 5.50. The van der Waals surface area contributed by atoms with Crippen LogP contribution in [-0.4, -0.2) is 9.97 Å². The highest BCUT2D eigenvalue weighted by atomic mass is 14.8. The number of hydrogen-bond acceptors (Lipinski definition) is 2. The maximum absolute atomic E-state index is 5.29. The van der Waals surface area contributed by atoms with Gasteiger partial charge in [-0.25, -0.2) is 9.97 Å². The van der Waals surface area contributed by atoms with Crippen molar-refractivity contribution in [2.75, 3.05) is 0 Å². The Morgan fingerprint density at radius 3 is 1.68 bits per heavy atom. The van der Waals surface area contributed by atoms with Crippen molar-refractivity contribution in [3.05, 3.63) is 132 Å². The summed E-state index contributed by atoms with van der Waals surface area (Å²) < 4.78 is 0. The maximum atomic E-state index is 5.29. The van der Waals surface area contributed by atoms with E-state index in [2.05, 4.69) is 125 Å². The predicted octanol–water partition coefficient (Wildman–Crippen LogP) is 9.87. The van der Waals surface area contributed by atoms with Crippen LogP contribution in [0.5, 0.6) is 0 Å². The first-order valence-electron chi connectivity index (χ1n) is 14.0. The van der Waals surface area contributed by atoms with E-state index in [1.165, 1.54) is 33.4 Å². The van der Waals surface area contributed by atoms with E-state index in [1.54, 1.807) is 0 Å². The molecule has 0 saturated heterocycles. The number of hydrogen-bond donors (Lipinski definition) is 0. The van der Waals surface area contributed by atoms with Gasteiger partial charge in [0.15, 0.2) is 0 Å². The van der Waals surface area contributed by atoms with Crippen molar-refractivity contribution in [2.45, 2.75) is 38.5 Å². The van der Waals surface area contributed by atoms with Gasteiger partial charge >= 0.3 is 0 Å². The minimum Gasteiger partial charge on any atom is -0.244 e. The Hall–Kier alpha value is -4.56. The number of nitrogens with zero attached hydrogens (tertiary/aromatic N) is 2. The van der Waals surface area contributed by atoms with Crippen molar-refractivity contribution >= 4 is 11.0 Å². The molecule has 0 unspecified atom stereocenters. The Labute approximate surface area is 236 Å². The van der Waals surface area contributed by atoms with Crippen LogP contribution < -0.4 is 0 Å². The molecule has 1 aromatic heterocycles. The molecule has 0 fully saturated rings. The van der Waals surface area contributed by atoms with Gasteiger partial charge in [0.1, 0.15) is 0 Å². The van der Waals surface area contributed by atoms with Crippen LogP contribution in [0.25, 0.3) is 55.8 Å². The molecule has 0 aliphatic heterocycles. The molecule has 7 rings (SSSR count). The molecule has 1 heterocycles. The highest BCUT2D eigenvalue weighted by Gasteiger charge is 2.46. The lowest BCUT2D eigenvalue weighted by atomic mass is 9.54. The SMILES string of the molecule is CC1(C)c2cc(-c3ccccc3)ccc2-c2c(-c3nc4ccccc4nc3-c3ccccc3)cccc2C1(C)C. The molecule has 2 heteroatoms. The third-order valence-corrected chi connectivity index (χ3v) is 9.24. The van der Waals surface area contributed by atoms with Crippen molar-refractivity contribution in [1.29, 1.82) is 0 Å². The molecule has 194 valence electrons. The summed E-state index contributed by atoms with van der Waals surface area (Å²) in [6.07, 6.45) is 0. The molecule has 2 nitrogen and oxygen atoms in total. The van der Waals surface area contributed by atoms with Gasteiger partial charge < -0.3 is 0 Å². The molecular formula is C38H32N2. The number of aromatic nitrogens is 2. The van der Waals surface area contributed by atoms with Gasteiger partial charge in [0.25, 0.3) is 0 Å². The van der Waals surface area contributed by atoms with Crippen molar-refractivity contribution in [3.8, 4) is 44.8 Å². The van der Waals surface area contributed by atoms with Gasteiger partial charge in [-0.15, -0.1) is 0 Å². The molecule has 0 saturated carbocycles. The molecule has 1 aliphatic carbocycles. The number of rotatable bonds is 3. The van der Waals surface area contributed by atoms with E-state index in [9.17, 15) is 0 Å². The largest absolute Gasteiger partial charge is 0.244 e. The standard InChI is InChI=1S/C38H32N2/c1-37(2)30-19-13-18-29(36-35(26-16-9-6-10-17-26)39-32-20-11-12-21-33(32)40-36)34(30)28-23-22-27(24-31(28)38(37,3)4)25-14-7-5-8-15-25/h5-24H,1-4H3. The van der Waals surface area contributed by atoms with E-state index < -0.39 is 0 Å². The van der Waals surface area contributed by atoms with Crippen LogP contribution in [0, 0.1) is 0 Å². The lowest BCUT2D eigenvalue weighted by molar-refractivity contribution is 0.299. The van der Waals surface area contributed by atoms with Gasteiger partial charge in [0.05, 0.1) is 22.4 Å². The molecular weight excluding hydrogens is 484 g/mol. The number of para-hydroxylation sites is 2. The van der Waals surface area contributed by atoms with Gasteiger partial charge in [-0.2, -0.15) is 0 Å². The molecule has 0 spiro atoms. The van der Waals surface area contributed by atoms with Gasteiger partial charge in [0.2, 0.25) is 0 Å². The number of fused-ring (bicyclic) bond motifs is 4. The van der Waals surface area contributed by atoms with Crippen LogP contribution in [0.15, 0.2) is 121 Å². The van der Waals surface area contributed by atoms with Crippen molar-refractivity contribution < 1.29 is 0 Å². The minimum absolute atomic E-state index is 0.0872. The summed E-state index contributed by atoms with van der Waals surface area (Å²) in [6, 6.07) is 43.1. The third kappa shape index (κ3) is 3.63. The summed E-state index contributed by atoms with van der Waals surface area (Å²) in [4.78, 5) is 10.5. The monoisotopic (exact) mass is 516 g/mol. The topological polar surface area (TPSA) is 25.8 Å². The summed E-state index contributed by atoms with van der Waals surface area (Å²) in [5.74, 6) is 0. The number of benzene rings is 5. The summed E-state index contributed by atoms with van der Waals surface area (Å²) in [7, 11) is 0. The van der Waals surface area contributed by atoms with E-state index in [0.717, 1.165) is 33.5 Å². The highest BCUT2D eigenvalue weighted by Crippen LogP contribution is 2.56. The zero-order valence-corrected chi connectivity index (χ0v) is 23.4. The third-order valence-electron chi connectivity index (χ3n) is 9.24. The van der Waals surface area contributed by atoms with E-state index in [1.807, 2.05) is 24.3 Å². The molecule has 1 aliphatic rings. The van der Waals surface area contributed by atoms with Crippen LogP contribution in [0.4, 0.5) is 0 Å². The first-order valence-corrected chi connectivity index (χ1v) is 14.0. The molecule has 6 aromatic rings. The Morgan fingerprint density at radius 1 is 0.425 bits per heavy atom. The van der Waals surface area contributed by atoms with Crippen molar-refractivity contribution in [3.63, 3.8) is 0 Å². The fourth-order valence-corrected chi connectivity index (χ4v) is 6.31. The van der Waals surface area contributed by atoms with E-state index in [-0.39, 0.29) is 10.8 Å². The average molecular weight is 517 g/mol. The Bertz CT molecular complexity index is 1880. The first-order chi connectivity index (χ1) is 19.4. The van der Waals surface area contributed by atoms with Crippen molar-refractivity contribution in [2.24, 2.45) is 0 Å². The summed E-state index contributed by atoms with van der Waals surface area (Å²) in [5, 5.41) is 0. The van der Waals surface area contributed by atoms with Gasteiger partial charge in [0, 0.05) is 11.1 Å². The minimum atomic E-state index is -0.113. The second-order valence-corrected chi connectivity index (χ2v) is 11.9. The molecule has 0 atom stereocenters. The lowest BCUT2D eigenvalue weighted by Crippen LogP contribution is -2.43. The molecule has 0 radical (unpaired) electrons. The molecule has 5 aromatic carbocycles. The summed E-state index contributed by atoms with van der Waals surface area (Å²) in [6.45, 7) is 9.55. The molecule has 0 N–H and O–H groups in total. The maximum Gasteiger partial charge on any atom is 0.0979 e. The lowest BCUT2D eigenvalue weighted by Gasteiger charge is -2.49. The molecule has 0 bridgehead atoms. The van der Waals surface area contributed by atoms with E-state index in [4.69, 9.17) is 9.97 Å². The molecule has 0 amide bonds. The van der Waals surface area contributed by atoms with Crippen LogP contribution in [0.3, 0.4) is 0 Å². The van der Waals surface area contributed by atoms with Crippen molar-refractivity contribution in [1.82, 2.24) is 9.97 Å². The van der Waals surface area contributed by atoms with Crippen LogP contribution in [-0.2, 0) is 10.8 Å². The van der Waals surface area contributed by atoms with Gasteiger partial charge in [-0.3, -0.25) is 0 Å². The van der Waals surface area contributed by atoms with Crippen LogP contribution >= 0.6 is 0 Å². The van der Waals surface area contributed by atoms with E-state index >= 15 is 0 Å². The smallest absolute Gasteiger partial charge is 0.0979 e. The zero-order valence-electron chi connectivity index (χ0n) is 23.4. The second-order valence-electron chi connectivity index (χ2n) is 11.9. The van der Waals surface area contributed by atoms with Gasteiger partial charge in [-0.1, -0.05) is 131 Å². The van der Waals surface area contributed by atoms with Gasteiger partial charge in [-0.05, 0) is 62.4 Å². The predicted molar refractivity (Wildman–Crippen MR) is 167 cm³/mol. The highest BCUT2D eigenvalue weighted by molar-refractivity contribution is 5.95. The zero-order chi connectivity index (χ0) is 27.5. The van der Waals surface area contributed by atoms with E-state index in [0.29, 0.717) is 0 Å². The fraction of sp³-hybridized carbons (Fsp3) is 0.158. The normalized spacial score (nSPS) is 14.9. The van der Waals surface area contributed by atoms with Crippen LogP contribution in [0.1, 0.15) is 38.8 Å². The average Bonchev–Trinajstić information content (AvgIpc) is 3.00. The Morgan fingerprint density at radius 2 is 1.00 bits per heavy atom. The fourth-order valence-electron chi connectivity index (χ4n) is 6.31. The second kappa shape index (κ2) is 8.99. The summed E-state index contributed by atoms with van der Waals surface area (Å²) in [5.41, 5.74) is 13.4. The Balaban J connectivity index is 1.55. The van der Waals surface area contributed by atoms with Crippen LogP contribution in [0.2, 0.25) is 0 Å². The quantitative estimate of drug-likeness (QED) is 0.234. The summed E-state index contributed by atoms with van der Waals surface area (Å²) >= 11 is 0. The first kappa shape index (κ1) is 24.5.